The molecule has 6 aromatic rings. The first-order valence-corrected chi connectivity index (χ1v) is 35.6. The average molecular weight is 1570 g/mol. The molecule has 11 bridgehead atoms. The fourth-order valence-electron chi connectivity index (χ4n) is 13.1. The standard InChI is InChI=1S/C70H78Cl2N12O24S/c1-24(2)13-36(75-6)61(95)80-51-53(89)28-8-11-40(34(71)15-28)104-42-17-30-18-43(57(42)108-68-58(107-46-22-70(5,74)59(93)26(4)103-46)56(92)55(91)44(106-68)23-109-69-82-60(94)25(3)83-84-69)105-41-12-9-29(16-35(41)72)54(90)52-66(100)79-50(67(101)102)33-19-31(85)20-39(87)47(33)32-14-27(7-10-38(32)86)48(63(97)81-52)78-64(98)49(30)77-62(96)37(21-45(73)88)76-65(51)99/h7-12,14-20,24,26,36-37,44,46,48-56,58-59,68,75,85-87,89-93H,13,21-23,74H2,1-6H3,(H2,73,88)(H,76,99)(H,77,96)(H,78,98)(H,79,100)(H,80,95)(H,81,97)(H,101,102)(H,82,84,94)/t26?,36-,37+,44?,46?,48?,49-,50-,51-,52+,53-,54-,55?,56?,58?,59?,68?,70?/m1/s1. The van der Waals surface area contributed by atoms with Gasteiger partial charge in [-0.2, -0.15) is 0 Å². The van der Waals surface area contributed by atoms with Crippen LogP contribution in [0.2, 0.25) is 10.0 Å². The molecule has 7 aliphatic rings. The second kappa shape index (κ2) is 32.7. The van der Waals surface area contributed by atoms with E-state index in [1.807, 2.05) is 13.8 Å². The Hall–Kier alpha value is -10.00. The molecule has 8 heterocycles. The normalized spacial score (nSPS) is 28.1. The molecular weight excluding hydrogens is 1500 g/mol. The van der Waals surface area contributed by atoms with Crippen molar-refractivity contribution in [2.45, 2.75) is 168 Å². The molecular formula is C70H78Cl2N12O24S. The van der Waals surface area contributed by atoms with Gasteiger partial charge in [0, 0.05) is 40.5 Å². The van der Waals surface area contributed by atoms with E-state index in [1.165, 1.54) is 40.0 Å². The zero-order valence-electron chi connectivity index (χ0n) is 58.6. The van der Waals surface area contributed by atoms with Gasteiger partial charge in [0.25, 0.3) is 5.56 Å². The summed E-state index contributed by atoms with van der Waals surface area (Å²) in [7, 11) is 1.47. The Morgan fingerprint density at radius 3 is 1.96 bits per heavy atom. The number of aromatic amines is 1. The lowest BCUT2D eigenvalue weighted by atomic mass is 9.86. The third kappa shape index (κ3) is 17.4. The van der Waals surface area contributed by atoms with Crippen molar-refractivity contribution in [2.75, 3.05) is 12.8 Å². The molecule has 5 aromatic carbocycles. The number of aliphatic hydroxyl groups excluding tert-OH is 5. The summed E-state index contributed by atoms with van der Waals surface area (Å²) in [5.74, 6) is -16.5. The molecule has 36 nitrogen and oxygen atoms in total. The Morgan fingerprint density at radius 1 is 0.734 bits per heavy atom. The number of hydrogen-bond donors (Lipinski definition) is 19. The first-order chi connectivity index (χ1) is 51.5. The predicted molar refractivity (Wildman–Crippen MR) is 380 cm³/mol. The number of aromatic hydroxyl groups is 3. The predicted octanol–water partition coefficient (Wildman–Crippen LogP) is 0.693. The number of aliphatic hydroxyl groups is 5. The first-order valence-electron chi connectivity index (χ1n) is 33.9. The van der Waals surface area contributed by atoms with Gasteiger partial charge in [0.05, 0.1) is 40.8 Å². The Kier molecular flexibility index (Phi) is 24.0. The van der Waals surface area contributed by atoms with Crippen LogP contribution in [-0.4, -0.2) is 200 Å². The fourth-order valence-corrected chi connectivity index (χ4v) is 14.4. The number of phenolic OH excluding ortho intramolecular Hbond substituents is 3. The molecule has 2 saturated heterocycles. The zero-order chi connectivity index (χ0) is 79.1. The molecule has 13 rings (SSSR count). The summed E-state index contributed by atoms with van der Waals surface area (Å²) in [5.41, 5.74) is 7.45. The number of carboxylic acids is 1. The van der Waals surface area contributed by atoms with Gasteiger partial charge in [-0.3, -0.25) is 43.3 Å². The van der Waals surface area contributed by atoms with Gasteiger partial charge >= 0.3 is 5.97 Å². The number of ether oxygens (including phenoxy) is 6. The number of likely N-dealkylation sites (N-methyl/N-ethyl adjacent to an activating group) is 1. The molecule has 1 aromatic heterocycles. The van der Waals surface area contributed by atoms with E-state index in [-0.39, 0.29) is 62.8 Å². The van der Waals surface area contributed by atoms with Crippen LogP contribution in [0.5, 0.6) is 46.0 Å². The monoisotopic (exact) mass is 1570 g/mol. The van der Waals surface area contributed by atoms with Crippen LogP contribution in [0.25, 0.3) is 11.1 Å². The molecule has 39 heteroatoms. The third-order valence-corrected chi connectivity index (χ3v) is 20.4. The number of aromatic nitrogens is 3. The summed E-state index contributed by atoms with van der Waals surface area (Å²) >= 11 is 15.1. The quantitative estimate of drug-likeness (QED) is 0.0629. The van der Waals surface area contributed by atoms with E-state index in [1.54, 1.807) is 0 Å². The molecule has 10 unspecified atom stereocenters. The third-order valence-electron chi connectivity index (χ3n) is 18.8. The van der Waals surface area contributed by atoms with Crippen LogP contribution >= 0.6 is 35.0 Å². The number of carbonyl (C=O) groups excluding carboxylic acids is 7. The number of nitrogens with zero attached hydrogens (tertiary/aromatic N) is 2. The van der Waals surface area contributed by atoms with Gasteiger partial charge in [0.2, 0.25) is 53.4 Å². The lowest BCUT2D eigenvalue weighted by Gasteiger charge is -2.47. The van der Waals surface area contributed by atoms with E-state index in [0.29, 0.717) is 0 Å². The van der Waals surface area contributed by atoms with E-state index in [9.17, 15) is 74.7 Å². The molecule has 2 fully saturated rings. The fraction of sp³-hybridized carbons (Fsp3) is 0.414. The van der Waals surface area contributed by atoms with Gasteiger partial charge in [-0.15, -0.1) is 10.2 Å². The number of fused-ring (bicyclic) bond motifs is 15. The maximum absolute atomic E-state index is 16.2. The summed E-state index contributed by atoms with van der Waals surface area (Å²) in [6, 6.07) is -0.770. The van der Waals surface area contributed by atoms with Crippen LogP contribution in [0.1, 0.15) is 111 Å². The Morgan fingerprint density at radius 2 is 1.36 bits per heavy atom. The summed E-state index contributed by atoms with van der Waals surface area (Å²) in [6.45, 7) is 8.04. The maximum Gasteiger partial charge on any atom is 0.330 e. The largest absolute Gasteiger partial charge is 0.508 e. The van der Waals surface area contributed by atoms with Crippen LogP contribution in [-0.2, 0) is 52.6 Å². The molecule has 582 valence electrons. The molecule has 7 amide bonds. The number of carbonyl (C=O) groups is 8. The van der Waals surface area contributed by atoms with Crippen molar-refractivity contribution in [3.8, 4) is 57.1 Å². The van der Waals surface area contributed by atoms with E-state index in [2.05, 4.69) is 52.4 Å². The summed E-state index contributed by atoms with van der Waals surface area (Å²) < 4.78 is 39.4. The van der Waals surface area contributed by atoms with Gasteiger partial charge in [0.1, 0.15) is 89.1 Å². The topological polar surface area (TPSA) is 569 Å². The Balaban J connectivity index is 1.16. The molecule has 18 atom stereocenters. The number of thioether (sulfide) groups is 1. The van der Waals surface area contributed by atoms with Crippen LogP contribution in [0.3, 0.4) is 0 Å². The van der Waals surface area contributed by atoms with Gasteiger partial charge in [-0.05, 0) is 117 Å². The number of primary amides is 1. The Bertz CT molecular complexity index is 4640. The molecule has 0 aliphatic carbocycles. The second-order valence-electron chi connectivity index (χ2n) is 27.4. The number of H-pyrrole nitrogens is 1. The number of nitrogens with one attached hydrogen (secondary N) is 8. The number of aryl methyl sites for hydroxylation is 1. The molecule has 7 aliphatic heterocycles. The number of nitrogens with two attached hydrogens (primary N) is 2. The van der Waals surface area contributed by atoms with E-state index < -0.39 is 236 Å². The van der Waals surface area contributed by atoms with Crippen LogP contribution in [0.4, 0.5) is 0 Å². The summed E-state index contributed by atoms with van der Waals surface area (Å²) in [4.78, 5) is 133. The van der Waals surface area contributed by atoms with Crippen molar-refractivity contribution in [1.29, 1.82) is 0 Å². The van der Waals surface area contributed by atoms with Crippen molar-refractivity contribution in [2.24, 2.45) is 17.4 Å². The molecule has 0 spiro atoms. The van der Waals surface area contributed by atoms with Crippen LogP contribution < -0.4 is 68.5 Å². The number of phenols is 3. The molecule has 109 heavy (non-hydrogen) atoms. The van der Waals surface area contributed by atoms with Crippen molar-refractivity contribution in [1.82, 2.24) is 52.4 Å². The zero-order valence-corrected chi connectivity index (χ0v) is 60.9. The number of benzene rings is 5. The number of aliphatic carboxylic acids is 1. The van der Waals surface area contributed by atoms with Gasteiger partial charge < -0.3 is 123 Å². The van der Waals surface area contributed by atoms with Crippen molar-refractivity contribution in [3.05, 3.63) is 133 Å². The van der Waals surface area contributed by atoms with E-state index in [0.717, 1.165) is 78.5 Å². The highest BCUT2D eigenvalue weighted by Gasteiger charge is 2.52. The summed E-state index contributed by atoms with van der Waals surface area (Å²) in [6.07, 6.45) is -18.6. The number of hydrogen-bond acceptors (Lipinski definition) is 28. The lowest BCUT2D eigenvalue weighted by molar-refractivity contribution is -0.329. The minimum atomic E-state index is -2.37. The number of carboxylic acid groups (broad SMARTS) is 1. The highest BCUT2D eigenvalue weighted by molar-refractivity contribution is 7.99. The van der Waals surface area contributed by atoms with Crippen LogP contribution in [0, 0.1) is 12.8 Å². The molecule has 0 radical (unpaired) electrons. The van der Waals surface area contributed by atoms with Crippen molar-refractivity contribution < 1.29 is 113 Å². The van der Waals surface area contributed by atoms with Crippen molar-refractivity contribution >= 4 is 82.3 Å². The van der Waals surface area contributed by atoms with Crippen molar-refractivity contribution in [3.63, 3.8) is 0 Å². The lowest BCUT2D eigenvalue weighted by Crippen LogP contribution is -2.64. The first kappa shape index (κ1) is 80.0. The number of halogens is 2. The van der Waals surface area contributed by atoms with E-state index in [4.69, 9.17) is 63.1 Å². The highest BCUT2D eigenvalue weighted by atomic mass is 35.5. The second-order valence-corrected chi connectivity index (χ2v) is 29.2. The minimum absolute atomic E-state index is 0.0190. The minimum Gasteiger partial charge on any atom is -0.508 e. The smallest absolute Gasteiger partial charge is 0.330 e. The Labute approximate surface area is 632 Å². The number of rotatable bonds is 15. The molecule has 21 N–H and O–H groups in total. The number of amides is 7. The molecule has 0 saturated carbocycles. The average Bonchev–Trinajstić information content (AvgIpc) is 0.766. The van der Waals surface area contributed by atoms with Gasteiger partial charge in [0.15, 0.2) is 35.1 Å². The SMILES string of the molecule is CN[C@H](CC(C)C)C(=O)N[C@H]1C(=O)N[C@@H](CC(N)=O)C(=O)N[C@H]2C(=O)NC3C(=O)N[C@H](C(=O)N[C@@H](C(=O)O)c4cc(O)cc(O)c4-c4cc3ccc4O)[C@H](O)c3ccc(c(Cl)c3)Oc3cc2cc(c3OC2OC(CSc3nnc(C)c(=O)[nH]3)C(O)C(O)C2OC2CC(C)(N)C(O)C(C)O2)Oc2ccc(cc2Cl)[C@H]1O. The van der Waals surface area contributed by atoms with Gasteiger partial charge in [-0.25, -0.2) is 4.79 Å². The van der Waals surface area contributed by atoms with E-state index >= 15 is 14.4 Å². The highest BCUT2D eigenvalue weighted by Crippen LogP contribution is 2.50. The van der Waals surface area contributed by atoms with Gasteiger partial charge in [-0.1, -0.05) is 67.0 Å². The van der Waals surface area contributed by atoms with Crippen LogP contribution in [0.15, 0.2) is 88.8 Å². The maximum atomic E-state index is 16.2. The summed E-state index contributed by atoms with van der Waals surface area (Å²) in [5, 5.41) is 129.